The lowest BCUT2D eigenvalue weighted by molar-refractivity contribution is 0.897. The van der Waals surface area contributed by atoms with E-state index in [0.29, 0.717) is 0 Å². The van der Waals surface area contributed by atoms with E-state index >= 15 is 0 Å². The van der Waals surface area contributed by atoms with Crippen molar-refractivity contribution >= 4 is 36.2 Å². The van der Waals surface area contributed by atoms with Gasteiger partial charge in [-0.25, -0.2) is 0 Å². The molecule has 0 radical (unpaired) electrons. The fourth-order valence-electron chi connectivity index (χ4n) is 0.948. The number of thioether (sulfide) groups is 2. The lowest BCUT2D eigenvalue weighted by Crippen LogP contribution is -2.06. The fraction of sp³-hybridized carbons (Fsp3) is 1.00. The Hall–Kier alpha value is 1.05. The first-order valence-electron chi connectivity index (χ1n) is 5.04. The normalized spacial score (nSPS) is 15.7. The Morgan fingerprint density at radius 1 is 1.23 bits per heavy atom. The highest BCUT2D eigenvalue weighted by Crippen LogP contribution is 2.22. The van der Waals surface area contributed by atoms with Gasteiger partial charge in [-0.3, -0.25) is 0 Å². The lowest BCUT2D eigenvalue weighted by atomic mass is 10.4. The monoisotopic (exact) mass is 238 g/mol. The molecule has 0 amide bonds. The van der Waals surface area contributed by atoms with Gasteiger partial charge in [0.25, 0.3) is 0 Å². The van der Waals surface area contributed by atoms with Crippen LogP contribution in [0.2, 0.25) is 0 Å². The third kappa shape index (κ3) is 9.36. The highest BCUT2D eigenvalue weighted by molar-refractivity contribution is 8.03. The molecule has 0 aromatic rings. The van der Waals surface area contributed by atoms with Gasteiger partial charge < -0.3 is 0 Å². The maximum absolute atomic E-state index is 4.20. The van der Waals surface area contributed by atoms with Crippen LogP contribution in [0.15, 0.2) is 0 Å². The SMILES string of the molecule is CCC(C)SC(C)CSCCCS. The van der Waals surface area contributed by atoms with Crippen molar-refractivity contribution in [1.29, 1.82) is 0 Å². The summed E-state index contributed by atoms with van der Waals surface area (Å²) in [6.45, 7) is 6.92. The maximum Gasteiger partial charge on any atom is 0.0112 e. The maximum atomic E-state index is 4.20. The highest BCUT2D eigenvalue weighted by Gasteiger charge is 2.06. The molecule has 0 saturated heterocycles. The molecule has 0 aromatic heterocycles. The van der Waals surface area contributed by atoms with Crippen molar-refractivity contribution in [3.63, 3.8) is 0 Å². The topological polar surface area (TPSA) is 0 Å². The van der Waals surface area contributed by atoms with E-state index < -0.39 is 0 Å². The summed E-state index contributed by atoms with van der Waals surface area (Å²) in [5, 5.41) is 1.63. The summed E-state index contributed by atoms with van der Waals surface area (Å²) in [6, 6.07) is 0. The molecule has 0 N–H and O–H groups in total. The first-order valence-corrected chi connectivity index (χ1v) is 7.77. The van der Waals surface area contributed by atoms with Crippen LogP contribution in [-0.2, 0) is 0 Å². The molecular weight excluding hydrogens is 216 g/mol. The van der Waals surface area contributed by atoms with Crippen LogP contribution in [0.5, 0.6) is 0 Å². The molecule has 0 aliphatic heterocycles. The molecule has 2 unspecified atom stereocenters. The van der Waals surface area contributed by atoms with E-state index in [-0.39, 0.29) is 0 Å². The van der Waals surface area contributed by atoms with Crippen LogP contribution in [0.3, 0.4) is 0 Å². The van der Waals surface area contributed by atoms with Gasteiger partial charge >= 0.3 is 0 Å². The van der Waals surface area contributed by atoms with E-state index in [4.69, 9.17) is 0 Å². The van der Waals surface area contributed by atoms with Crippen LogP contribution in [0.4, 0.5) is 0 Å². The van der Waals surface area contributed by atoms with Crippen molar-refractivity contribution in [2.45, 2.75) is 44.1 Å². The van der Waals surface area contributed by atoms with Crippen LogP contribution >= 0.6 is 36.2 Å². The van der Waals surface area contributed by atoms with E-state index in [1.54, 1.807) is 0 Å². The lowest BCUT2D eigenvalue weighted by Gasteiger charge is -2.15. The van der Waals surface area contributed by atoms with Gasteiger partial charge in [0.2, 0.25) is 0 Å². The molecule has 0 bridgehead atoms. The molecule has 0 fully saturated rings. The summed E-state index contributed by atoms with van der Waals surface area (Å²) in [5.41, 5.74) is 0. The Morgan fingerprint density at radius 3 is 2.46 bits per heavy atom. The van der Waals surface area contributed by atoms with Gasteiger partial charge in [-0.05, 0) is 24.3 Å². The molecule has 3 heteroatoms. The van der Waals surface area contributed by atoms with E-state index in [0.717, 1.165) is 16.3 Å². The minimum atomic E-state index is 0.805. The van der Waals surface area contributed by atoms with Crippen LogP contribution < -0.4 is 0 Å². The molecule has 2 atom stereocenters. The van der Waals surface area contributed by atoms with E-state index in [9.17, 15) is 0 Å². The van der Waals surface area contributed by atoms with Crippen LogP contribution in [0.1, 0.15) is 33.6 Å². The summed E-state index contributed by atoms with van der Waals surface area (Å²) >= 11 is 8.38. The minimum Gasteiger partial charge on any atom is -0.179 e. The zero-order valence-corrected chi connectivity index (χ0v) is 11.5. The van der Waals surface area contributed by atoms with Gasteiger partial charge in [0.05, 0.1) is 0 Å². The van der Waals surface area contributed by atoms with E-state index in [1.807, 2.05) is 0 Å². The molecule has 13 heavy (non-hydrogen) atoms. The fourth-order valence-corrected chi connectivity index (χ4v) is 3.76. The van der Waals surface area contributed by atoms with E-state index in [1.165, 1.54) is 24.3 Å². The molecule has 0 aromatic carbocycles. The molecule has 80 valence electrons. The van der Waals surface area contributed by atoms with Gasteiger partial charge in [0.15, 0.2) is 0 Å². The number of hydrogen-bond donors (Lipinski definition) is 1. The van der Waals surface area contributed by atoms with Crippen molar-refractivity contribution in [2.75, 3.05) is 17.3 Å². The molecule has 0 aliphatic rings. The number of rotatable bonds is 8. The Bertz CT molecular complexity index is 106. The predicted molar refractivity (Wildman–Crippen MR) is 72.6 cm³/mol. The summed E-state index contributed by atoms with van der Waals surface area (Å²) in [6.07, 6.45) is 2.53. The first kappa shape index (κ1) is 14.1. The molecule has 0 spiro atoms. The second kappa shape index (κ2) is 9.60. The summed E-state index contributed by atoms with van der Waals surface area (Å²) < 4.78 is 0. The largest absolute Gasteiger partial charge is 0.179 e. The number of hydrogen-bond acceptors (Lipinski definition) is 3. The average molecular weight is 238 g/mol. The molecule has 0 heterocycles. The molecule has 0 rings (SSSR count). The van der Waals surface area contributed by atoms with Crippen molar-refractivity contribution in [3.8, 4) is 0 Å². The van der Waals surface area contributed by atoms with Gasteiger partial charge in [-0.15, -0.1) is 0 Å². The Morgan fingerprint density at radius 2 is 1.92 bits per heavy atom. The van der Waals surface area contributed by atoms with Crippen molar-refractivity contribution in [2.24, 2.45) is 0 Å². The molecular formula is C10H22S3. The van der Waals surface area contributed by atoms with Crippen molar-refractivity contribution < 1.29 is 0 Å². The van der Waals surface area contributed by atoms with Crippen LogP contribution in [0.25, 0.3) is 0 Å². The molecule has 0 nitrogen and oxygen atoms in total. The predicted octanol–water partition coefficient (Wildman–Crippen LogP) is 3.96. The van der Waals surface area contributed by atoms with Crippen LogP contribution in [-0.4, -0.2) is 27.8 Å². The quantitative estimate of drug-likeness (QED) is 0.502. The zero-order chi connectivity index (χ0) is 10.1. The standard InChI is InChI=1S/C10H22S3/c1-4-9(2)13-10(3)8-12-7-5-6-11/h9-11H,4-8H2,1-3H3. The van der Waals surface area contributed by atoms with E-state index in [2.05, 4.69) is 56.9 Å². The molecule has 0 saturated carbocycles. The Balaban J connectivity index is 3.24. The Kier molecular flexibility index (Phi) is 10.4. The highest BCUT2D eigenvalue weighted by atomic mass is 32.2. The third-order valence-electron chi connectivity index (χ3n) is 1.84. The second-order valence-corrected chi connectivity index (χ2v) is 6.80. The summed E-state index contributed by atoms with van der Waals surface area (Å²) in [5.74, 6) is 3.59. The number of thiol groups is 1. The zero-order valence-electron chi connectivity index (χ0n) is 8.95. The van der Waals surface area contributed by atoms with Gasteiger partial charge in [-0.1, -0.05) is 20.8 Å². The smallest absolute Gasteiger partial charge is 0.0112 e. The van der Waals surface area contributed by atoms with Crippen LogP contribution in [0, 0.1) is 0 Å². The van der Waals surface area contributed by atoms with Gasteiger partial charge in [0, 0.05) is 16.3 Å². The second-order valence-electron chi connectivity index (χ2n) is 3.32. The Labute approximate surface area is 97.4 Å². The van der Waals surface area contributed by atoms with Gasteiger partial charge in [0.1, 0.15) is 0 Å². The molecule has 0 aliphatic carbocycles. The summed E-state index contributed by atoms with van der Waals surface area (Å²) in [4.78, 5) is 0. The minimum absolute atomic E-state index is 0.805. The van der Waals surface area contributed by atoms with Crippen molar-refractivity contribution in [3.05, 3.63) is 0 Å². The first-order chi connectivity index (χ1) is 6.20. The van der Waals surface area contributed by atoms with Crippen molar-refractivity contribution in [1.82, 2.24) is 0 Å². The third-order valence-corrected chi connectivity index (χ3v) is 5.11. The van der Waals surface area contributed by atoms with Gasteiger partial charge in [-0.2, -0.15) is 36.2 Å². The average Bonchev–Trinajstić information content (AvgIpc) is 2.12. The summed E-state index contributed by atoms with van der Waals surface area (Å²) in [7, 11) is 0.